The van der Waals surface area contributed by atoms with Gasteiger partial charge in [-0.25, -0.2) is 0 Å². The summed E-state index contributed by atoms with van der Waals surface area (Å²) in [4.78, 5) is 0. The second kappa shape index (κ2) is 4.36. The van der Waals surface area contributed by atoms with Crippen LogP contribution in [0.1, 0.15) is 0 Å². The van der Waals surface area contributed by atoms with Gasteiger partial charge in [-0.15, -0.1) is 0 Å². The van der Waals surface area contributed by atoms with Crippen LogP contribution >= 0.6 is 15.9 Å². The lowest BCUT2D eigenvalue weighted by Gasteiger charge is -2.21. The second-order valence-electron chi connectivity index (χ2n) is 4.01. The van der Waals surface area contributed by atoms with E-state index in [0.29, 0.717) is 0 Å². The molecule has 0 aliphatic rings. The zero-order valence-corrected chi connectivity index (χ0v) is 11.5. The highest BCUT2D eigenvalue weighted by molar-refractivity contribution is 9.10. The van der Waals surface area contributed by atoms with Crippen LogP contribution < -0.4 is 9.16 Å². The van der Waals surface area contributed by atoms with E-state index in [9.17, 15) is 0 Å². The maximum Gasteiger partial charge on any atom is 0.242 e. The molecule has 1 aromatic carbocycles. The first-order valence-corrected chi connectivity index (χ1v) is 8.65. The Hall–Kier alpha value is -0.483. The summed E-state index contributed by atoms with van der Waals surface area (Å²) in [6, 6.07) is 5.78. The second-order valence-corrected chi connectivity index (χ2v) is 9.35. The van der Waals surface area contributed by atoms with Gasteiger partial charge in [-0.3, -0.25) is 0 Å². The highest BCUT2D eigenvalue weighted by atomic mass is 79.9. The molecule has 2 nitrogen and oxygen atoms in total. The van der Waals surface area contributed by atoms with Gasteiger partial charge in [-0.05, 0) is 37.8 Å². The summed E-state index contributed by atoms with van der Waals surface area (Å²) in [7, 11) is 0.0836. The van der Waals surface area contributed by atoms with Crippen LogP contribution in [0, 0.1) is 0 Å². The summed E-state index contributed by atoms with van der Waals surface area (Å²) < 4.78 is 12.1. The van der Waals surface area contributed by atoms with Crippen molar-refractivity contribution in [2.45, 2.75) is 19.6 Å². The summed E-state index contributed by atoms with van der Waals surface area (Å²) in [6.45, 7) is 6.44. The fourth-order valence-electron chi connectivity index (χ4n) is 1.06. The van der Waals surface area contributed by atoms with Crippen molar-refractivity contribution >= 4 is 24.2 Å². The minimum absolute atomic E-state index is 0.788. The molecule has 0 bridgehead atoms. The molecule has 4 heteroatoms. The molecule has 1 aromatic rings. The van der Waals surface area contributed by atoms with Crippen LogP contribution in [0.25, 0.3) is 0 Å². The molecule has 0 spiro atoms. The van der Waals surface area contributed by atoms with Gasteiger partial charge in [0.05, 0.1) is 7.11 Å². The zero-order valence-electron chi connectivity index (χ0n) is 8.93. The van der Waals surface area contributed by atoms with E-state index in [2.05, 4.69) is 35.6 Å². The number of halogens is 1. The first kappa shape index (κ1) is 11.6. The topological polar surface area (TPSA) is 18.5 Å². The summed E-state index contributed by atoms with van der Waals surface area (Å²) >= 11 is 3.41. The highest BCUT2D eigenvalue weighted by Gasteiger charge is 2.18. The minimum Gasteiger partial charge on any atom is -0.542 e. The van der Waals surface area contributed by atoms with Crippen LogP contribution in [0.5, 0.6) is 11.5 Å². The third-order valence-electron chi connectivity index (χ3n) is 1.54. The Labute approximate surface area is 94.5 Å². The molecular formula is C10H15BrO2Si. The van der Waals surface area contributed by atoms with Gasteiger partial charge in [-0.1, -0.05) is 15.9 Å². The Balaban J connectivity index is 2.99. The van der Waals surface area contributed by atoms with Crippen LogP contribution in [-0.2, 0) is 0 Å². The fraction of sp³-hybridized carbons (Fsp3) is 0.400. The largest absolute Gasteiger partial charge is 0.542 e. The van der Waals surface area contributed by atoms with Crippen LogP contribution in [0.4, 0.5) is 0 Å². The van der Waals surface area contributed by atoms with Crippen molar-refractivity contribution < 1.29 is 9.16 Å². The number of benzene rings is 1. The van der Waals surface area contributed by atoms with E-state index in [1.54, 1.807) is 7.11 Å². The molecule has 0 amide bonds. The van der Waals surface area contributed by atoms with Gasteiger partial charge in [0.25, 0.3) is 0 Å². The van der Waals surface area contributed by atoms with Crippen molar-refractivity contribution in [1.82, 2.24) is 0 Å². The maximum absolute atomic E-state index is 5.89. The Morgan fingerprint density at radius 2 is 1.79 bits per heavy atom. The lowest BCUT2D eigenvalue weighted by atomic mass is 10.3. The maximum atomic E-state index is 5.89. The van der Waals surface area contributed by atoms with Crippen LogP contribution in [-0.4, -0.2) is 15.4 Å². The van der Waals surface area contributed by atoms with Gasteiger partial charge in [0.2, 0.25) is 8.32 Å². The number of hydrogen-bond donors (Lipinski definition) is 0. The molecule has 14 heavy (non-hydrogen) atoms. The van der Waals surface area contributed by atoms with Gasteiger partial charge in [0, 0.05) is 4.47 Å². The number of rotatable bonds is 3. The van der Waals surface area contributed by atoms with Gasteiger partial charge < -0.3 is 9.16 Å². The summed E-state index contributed by atoms with van der Waals surface area (Å²) in [5.74, 6) is 1.61. The van der Waals surface area contributed by atoms with Crippen molar-refractivity contribution in [3.05, 3.63) is 22.7 Å². The van der Waals surface area contributed by atoms with Crippen LogP contribution in [0.3, 0.4) is 0 Å². The van der Waals surface area contributed by atoms with Crippen LogP contribution in [0.15, 0.2) is 22.7 Å². The Kier molecular flexibility index (Phi) is 3.61. The third kappa shape index (κ3) is 3.34. The predicted molar refractivity (Wildman–Crippen MR) is 64.7 cm³/mol. The average Bonchev–Trinajstić information content (AvgIpc) is 2.01. The molecule has 0 aliphatic carbocycles. The molecule has 0 aromatic heterocycles. The number of methoxy groups -OCH3 is 1. The van der Waals surface area contributed by atoms with E-state index in [1.807, 2.05) is 18.2 Å². The molecule has 0 atom stereocenters. The number of hydrogen-bond acceptors (Lipinski definition) is 2. The van der Waals surface area contributed by atoms with E-state index < -0.39 is 8.32 Å². The monoisotopic (exact) mass is 274 g/mol. The minimum atomic E-state index is -1.57. The van der Waals surface area contributed by atoms with E-state index in [1.165, 1.54) is 0 Å². The quantitative estimate of drug-likeness (QED) is 0.783. The summed E-state index contributed by atoms with van der Waals surface area (Å²) in [5.41, 5.74) is 0. The highest BCUT2D eigenvalue weighted by Crippen LogP contribution is 2.31. The zero-order chi connectivity index (χ0) is 10.8. The lowest BCUT2D eigenvalue weighted by Crippen LogP contribution is -2.29. The standard InChI is InChI=1S/C10H15BrO2Si/c1-12-9-6-5-8(11)7-10(9)13-14(2,3)4/h5-7H,1-4H3. The third-order valence-corrected chi connectivity index (χ3v) is 2.87. The van der Waals surface area contributed by atoms with E-state index in [-0.39, 0.29) is 0 Å². The molecular weight excluding hydrogens is 260 g/mol. The van der Waals surface area contributed by atoms with E-state index in [4.69, 9.17) is 9.16 Å². The molecule has 0 saturated heterocycles. The molecule has 0 heterocycles. The van der Waals surface area contributed by atoms with Crippen LogP contribution in [0.2, 0.25) is 19.6 Å². The van der Waals surface area contributed by atoms with E-state index in [0.717, 1.165) is 16.0 Å². The average molecular weight is 275 g/mol. The van der Waals surface area contributed by atoms with Crippen molar-refractivity contribution in [2.75, 3.05) is 7.11 Å². The fourth-order valence-corrected chi connectivity index (χ4v) is 2.22. The first-order valence-electron chi connectivity index (χ1n) is 4.45. The molecule has 0 saturated carbocycles. The molecule has 0 unspecified atom stereocenters. The van der Waals surface area contributed by atoms with Crippen molar-refractivity contribution in [3.63, 3.8) is 0 Å². The van der Waals surface area contributed by atoms with Gasteiger partial charge in [-0.2, -0.15) is 0 Å². The normalized spacial score (nSPS) is 11.2. The van der Waals surface area contributed by atoms with Crippen molar-refractivity contribution in [1.29, 1.82) is 0 Å². The van der Waals surface area contributed by atoms with Gasteiger partial charge in [0.1, 0.15) is 5.75 Å². The Bertz CT molecular complexity index is 320. The molecule has 0 fully saturated rings. The summed E-state index contributed by atoms with van der Waals surface area (Å²) in [5, 5.41) is 0. The van der Waals surface area contributed by atoms with Crippen molar-refractivity contribution in [2.24, 2.45) is 0 Å². The molecule has 78 valence electrons. The summed E-state index contributed by atoms with van der Waals surface area (Å²) in [6.07, 6.45) is 0. The molecule has 0 N–H and O–H groups in total. The Morgan fingerprint density at radius 3 is 2.29 bits per heavy atom. The van der Waals surface area contributed by atoms with E-state index >= 15 is 0 Å². The molecule has 0 radical (unpaired) electrons. The van der Waals surface area contributed by atoms with Gasteiger partial charge in [0.15, 0.2) is 5.75 Å². The van der Waals surface area contributed by atoms with Gasteiger partial charge >= 0.3 is 0 Å². The molecule has 0 aliphatic heterocycles. The Morgan fingerprint density at radius 1 is 1.14 bits per heavy atom. The SMILES string of the molecule is COc1ccc(Br)cc1O[Si](C)(C)C. The smallest absolute Gasteiger partial charge is 0.242 e. The number of ether oxygens (including phenoxy) is 1. The van der Waals surface area contributed by atoms with Crippen molar-refractivity contribution in [3.8, 4) is 11.5 Å². The first-order chi connectivity index (χ1) is 6.42. The lowest BCUT2D eigenvalue weighted by molar-refractivity contribution is 0.392. The molecule has 1 rings (SSSR count). The predicted octanol–water partition coefficient (Wildman–Crippen LogP) is 3.67.